The van der Waals surface area contributed by atoms with E-state index < -0.39 is 28.5 Å². The summed E-state index contributed by atoms with van der Waals surface area (Å²) in [5.74, 6) is -0.765. The standard InChI is InChI=1S/C33H40ClN3O4S/c1-23-14-17-29(18-15-23)42(40,41)37(31-19-16-24(2)20-25(31)3)22-32(38)36(21-27-10-8-9-13-30(27)34)26(4)33(39)35-28-11-6-5-7-12-28/h8-10,13-20,26,28H,5-7,11-12,21-22H2,1-4H3,(H,35,39). The molecule has 1 aliphatic rings. The number of hydrogen-bond acceptors (Lipinski definition) is 4. The Morgan fingerprint density at radius 1 is 0.929 bits per heavy atom. The summed E-state index contributed by atoms with van der Waals surface area (Å²) in [4.78, 5) is 29.2. The normalized spacial score (nSPS) is 14.7. The van der Waals surface area contributed by atoms with Crippen molar-refractivity contribution in [3.05, 3.63) is 94.0 Å². The molecule has 3 aromatic carbocycles. The van der Waals surface area contributed by atoms with Gasteiger partial charge in [0.2, 0.25) is 11.8 Å². The summed E-state index contributed by atoms with van der Waals surface area (Å²) in [6.45, 7) is 6.90. The maximum Gasteiger partial charge on any atom is 0.264 e. The molecule has 1 atom stereocenters. The Kier molecular flexibility index (Phi) is 10.3. The third kappa shape index (κ3) is 7.53. The molecule has 0 heterocycles. The van der Waals surface area contributed by atoms with E-state index in [0.29, 0.717) is 16.3 Å². The van der Waals surface area contributed by atoms with Crippen LogP contribution in [-0.2, 0) is 26.2 Å². The van der Waals surface area contributed by atoms with Crippen molar-refractivity contribution in [3.63, 3.8) is 0 Å². The van der Waals surface area contributed by atoms with Crippen molar-refractivity contribution in [2.45, 2.75) is 83.3 Å². The van der Waals surface area contributed by atoms with E-state index in [0.717, 1.165) is 53.1 Å². The molecule has 4 rings (SSSR count). The summed E-state index contributed by atoms with van der Waals surface area (Å²) >= 11 is 6.47. The van der Waals surface area contributed by atoms with Crippen molar-refractivity contribution in [1.29, 1.82) is 0 Å². The van der Waals surface area contributed by atoms with E-state index in [9.17, 15) is 18.0 Å². The van der Waals surface area contributed by atoms with Crippen LogP contribution >= 0.6 is 11.6 Å². The molecule has 7 nitrogen and oxygen atoms in total. The first-order valence-corrected chi connectivity index (χ1v) is 16.3. The van der Waals surface area contributed by atoms with Gasteiger partial charge < -0.3 is 10.2 Å². The molecular weight excluding hydrogens is 570 g/mol. The number of carbonyl (C=O) groups is 2. The van der Waals surface area contributed by atoms with Gasteiger partial charge in [0.1, 0.15) is 12.6 Å². The Labute approximate surface area is 254 Å². The van der Waals surface area contributed by atoms with E-state index in [2.05, 4.69) is 5.32 Å². The molecule has 2 amide bonds. The molecule has 1 unspecified atom stereocenters. The number of carbonyl (C=O) groups excluding carboxylic acids is 2. The summed E-state index contributed by atoms with van der Waals surface area (Å²) in [5.41, 5.74) is 3.70. The second-order valence-corrected chi connectivity index (χ2v) is 13.5. The molecule has 0 radical (unpaired) electrons. The van der Waals surface area contributed by atoms with Crippen LogP contribution in [0.25, 0.3) is 0 Å². The maximum absolute atomic E-state index is 14.2. The molecule has 42 heavy (non-hydrogen) atoms. The lowest BCUT2D eigenvalue weighted by Crippen LogP contribution is -2.53. The van der Waals surface area contributed by atoms with Crippen LogP contribution in [0, 0.1) is 20.8 Å². The highest BCUT2D eigenvalue weighted by atomic mass is 35.5. The fourth-order valence-corrected chi connectivity index (χ4v) is 7.07. The minimum absolute atomic E-state index is 0.0586. The zero-order valence-electron chi connectivity index (χ0n) is 24.8. The number of nitrogens with zero attached hydrogens (tertiary/aromatic N) is 2. The largest absolute Gasteiger partial charge is 0.352 e. The van der Waals surface area contributed by atoms with Crippen LogP contribution in [0.3, 0.4) is 0 Å². The van der Waals surface area contributed by atoms with Gasteiger partial charge in [0.05, 0.1) is 10.6 Å². The number of halogens is 1. The molecular formula is C33H40ClN3O4S. The average Bonchev–Trinajstić information content (AvgIpc) is 2.96. The van der Waals surface area contributed by atoms with Crippen LogP contribution in [0.4, 0.5) is 5.69 Å². The summed E-state index contributed by atoms with van der Waals surface area (Å²) in [7, 11) is -4.13. The van der Waals surface area contributed by atoms with Crippen LogP contribution < -0.4 is 9.62 Å². The Bertz CT molecular complexity index is 1520. The number of hydrogen-bond donors (Lipinski definition) is 1. The third-order valence-corrected chi connectivity index (χ3v) is 10.1. The Balaban J connectivity index is 1.71. The number of sulfonamides is 1. The van der Waals surface area contributed by atoms with Crippen LogP contribution in [0.15, 0.2) is 71.6 Å². The van der Waals surface area contributed by atoms with Crippen LogP contribution in [0.1, 0.15) is 61.3 Å². The highest BCUT2D eigenvalue weighted by Crippen LogP contribution is 2.29. The number of anilines is 1. The number of rotatable bonds is 10. The molecule has 224 valence electrons. The van der Waals surface area contributed by atoms with E-state index in [4.69, 9.17) is 11.6 Å². The van der Waals surface area contributed by atoms with Crippen molar-refractivity contribution in [3.8, 4) is 0 Å². The SMILES string of the molecule is Cc1ccc(S(=O)(=O)N(CC(=O)N(Cc2ccccc2Cl)C(C)C(=O)NC2CCCCC2)c2ccc(C)cc2C)cc1. The highest BCUT2D eigenvalue weighted by Gasteiger charge is 2.34. The van der Waals surface area contributed by atoms with Crippen molar-refractivity contribution < 1.29 is 18.0 Å². The smallest absolute Gasteiger partial charge is 0.264 e. The number of benzene rings is 3. The van der Waals surface area contributed by atoms with Gasteiger partial charge in [0.25, 0.3) is 10.0 Å². The lowest BCUT2D eigenvalue weighted by Gasteiger charge is -2.33. The first kappa shape index (κ1) is 31.6. The molecule has 0 bridgehead atoms. The Hall–Kier alpha value is -3.36. The Morgan fingerprint density at radius 3 is 2.21 bits per heavy atom. The second kappa shape index (κ2) is 13.7. The van der Waals surface area contributed by atoms with Gasteiger partial charge in [-0.15, -0.1) is 0 Å². The first-order valence-electron chi connectivity index (χ1n) is 14.5. The van der Waals surface area contributed by atoms with E-state index in [-0.39, 0.29) is 23.4 Å². The van der Waals surface area contributed by atoms with E-state index in [1.165, 1.54) is 4.90 Å². The summed E-state index contributed by atoms with van der Waals surface area (Å²) in [6.07, 6.45) is 5.09. The van der Waals surface area contributed by atoms with Gasteiger partial charge in [0, 0.05) is 17.6 Å². The summed E-state index contributed by atoms with van der Waals surface area (Å²) < 4.78 is 29.3. The average molecular weight is 610 g/mol. The van der Waals surface area contributed by atoms with Crippen molar-refractivity contribution >= 4 is 39.1 Å². The predicted octanol–water partition coefficient (Wildman–Crippen LogP) is 6.33. The third-order valence-electron chi connectivity index (χ3n) is 7.93. The molecule has 1 aliphatic carbocycles. The van der Waals surface area contributed by atoms with E-state index in [1.54, 1.807) is 55.5 Å². The molecule has 0 spiro atoms. The maximum atomic E-state index is 14.2. The fraction of sp³-hybridized carbons (Fsp3) is 0.394. The number of aryl methyl sites for hydroxylation is 3. The molecule has 9 heteroatoms. The molecule has 3 aromatic rings. The highest BCUT2D eigenvalue weighted by molar-refractivity contribution is 7.92. The van der Waals surface area contributed by atoms with Crippen molar-refractivity contribution in [2.75, 3.05) is 10.8 Å². The van der Waals surface area contributed by atoms with Gasteiger partial charge in [-0.25, -0.2) is 8.42 Å². The molecule has 1 fully saturated rings. The lowest BCUT2D eigenvalue weighted by molar-refractivity contribution is -0.139. The van der Waals surface area contributed by atoms with Gasteiger partial charge in [0.15, 0.2) is 0 Å². The molecule has 0 aliphatic heterocycles. The second-order valence-electron chi connectivity index (χ2n) is 11.2. The van der Waals surface area contributed by atoms with Crippen molar-refractivity contribution in [1.82, 2.24) is 10.2 Å². The van der Waals surface area contributed by atoms with Gasteiger partial charge in [-0.1, -0.05) is 84.5 Å². The fourth-order valence-electron chi connectivity index (χ4n) is 5.40. The van der Waals surface area contributed by atoms with Crippen LogP contribution in [0.5, 0.6) is 0 Å². The lowest BCUT2D eigenvalue weighted by atomic mass is 9.95. The monoisotopic (exact) mass is 609 g/mol. The molecule has 1 N–H and O–H groups in total. The van der Waals surface area contributed by atoms with Crippen LogP contribution in [0.2, 0.25) is 5.02 Å². The minimum Gasteiger partial charge on any atom is -0.352 e. The quantitative estimate of drug-likeness (QED) is 0.291. The van der Waals surface area contributed by atoms with E-state index >= 15 is 0 Å². The van der Waals surface area contributed by atoms with Crippen molar-refractivity contribution in [2.24, 2.45) is 0 Å². The van der Waals surface area contributed by atoms with E-state index in [1.807, 2.05) is 39.0 Å². The minimum atomic E-state index is -4.13. The topological polar surface area (TPSA) is 86.8 Å². The Morgan fingerprint density at radius 2 is 1.57 bits per heavy atom. The van der Waals surface area contributed by atoms with Gasteiger partial charge in [-0.3, -0.25) is 13.9 Å². The first-order chi connectivity index (χ1) is 20.0. The molecule has 0 aromatic heterocycles. The van der Waals surface area contributed by atoms with Gasteiger partial charge in [-0.05, 0) is 75.9 Å². The predicted molar refractivity (Wildman–Crippen MR) is 168 cm³/mol. The number of amides is 2. The summed E-state index contributed by atoms with van der Waals surface area (Å²) in [5, 5.41) is 3.58. The zero-order chi connectivity index (χ0) is 30.4. The molecule has 1 saturated carbocycles. The van der Waals surface area contributed by atoms with Gasteiger partial charge in [-0.2, -0.15) is 0 Å². The molecule has 0 saturated heterocycles. The number of nitrogens with one attached hydrogen (secondary N) is 1. The van der Waals surface area contributed by atoms with Crippen LogP contribution in [-0.4, -0.2) is 43.8 Å². The zero-order valence-corrected chi connectivity index (χ0v) is 26.3. The summed E-state index contributed by atoms with van der Waals surface area (Å²) in [6, 6.07) is 18.4. The van der Waals surface area contributed by atoms with Gasteiger partial charge >= 0.3 is 0 Å².